The molecular weight excluding hydrogens is 268 g/mol. The van der Waals surface area contributed by atoms with E-state index in [0.717, 1.165) is 25.7 Å². The van der Waals surface area contributed by atoms with Crippen LogP contribution in [-0.4, -0.2) is 56.7 Å². The molecule has 2 rings (SSSR count). The summed E-state index contributed by atoms with van der Waals surface area (Å²) >= 11 is 0. The Balaban J connectivity index is 1.80. The maximum atomic E-state index is 11.7. The van der Waals surface area contributed by atoms with Gasteiger partial charge in [-0.05, 0) is 25.7 Å². The van der Waals surface area contributed by atoms with Gasteiger partial charge in [0.2, 0.25) is 15.9 Å². The van der Waals surface area contributed by atoms with E-state index in [1.807, 2.05) is 0 Å². The number of hydrogen-bond donors (Lipinski definition) is 1. The summed E-state index contributed by atoms with van der Waals surface area (Å²) in [6.45, 7) is 1.29. The Labute approximate surface area is 114 Å². The standard InChI is InChI=1S/C12H22N2O4S/c1-19(16,17)14(9-11-3-2-8-18-11)7-6-12(15)13-10-4-5-10/h10-11H,2-9H2,1H3,(H,13,15). The molecule has 7 heteroatoms. The fourth-order valence-electron chi connectivity index (χ4n) is 2.16. The van der Waals surface area contributed by atoms with Crippen LogP contribution in [0.5, 0.6) is 0 Å². The molecule has 0 spiro atoms. The largest absolute Gasteiger partial charge is 0.377 e. The molecule has 1 saturated carbocycles. The van der Waals surface area contributed by atoms with Gasteiger partial charge in [-0.3, -0.25) is 4.79 Å². The van der Waals surface area contributed by atoms with Gasteiger partial charge < -0.3 is 10.1 Å². The third kappa shape index (κ3) is 5.08. The van der Waals surface area contributed by atoms with Gasteiger partial charge in [0.05, 0.1) is 12.4 Å². The van der Waals surface area contributed by atoms with Crippen LogP contribution >= 0.6 is 0 Å². The summed E-state index contributed by atoms with van der Waals surface area (Å²) in [5.74, 6) is -0.0662. The number of carbonyl (C=O) groups excluding carboxylic acids is 1. The zero-order valence-corrected chi connectivity index (χ0v) is 12.1. The molecule has 2 aliphatic rings. The van der Waals surface area contributed by atoms with Crippen LogP contribution in [0.3, 0.4) is 0 Å². The van der Waals surface area contributed by atoms with Crippen molar-refractivity contribution in [2.75, 3.05) is 26.0 Å². The molecule has 19 heavy (non-hydrogen) atoms. The number of nitrogens with one attached hydrogen (secondary N) is 1. The molecule has 110 valence electrons. The Bertz CT molecular complexity index is 413. The molecule has 2 fully saturated rings. The van der Waals surface area contributed by atoms with Crippen molar-refractivity contribution in [3.05, 3.63) is 0 Å². The highest BCUT2D eigenvalue weighted by molar-refractivity contribution is 7.88. The number of hydrogen-bond acceptors (Lipinski definition) is 4. The molecule has 0 bridgehead atoms. The molecule has 0 radical (unpaired) electrons. The average molecular weight is 290 g/mol. The zero-order chi connectivity index (χ0) is 13.9. The smallest absolute Gasteiger partial charge is 0.221 e. The predicted molar refractivity (Wildman–Crippen MR) is 71.2 cm³/mol. The molecule has 1 aliphatic heterocycles. The lowest BCUT2D eigenvalue weighted by molar-refractivity contribution is -0.121. The summed E-state index contributed by atoms with van der Waals surface area (Å²) in [4.78, 5) is 11.6. The summed E-state index contributed by atoms with van der Waals surface area (Å²) in [7, 11) is -3.29. The molecule has 1 saturated heterocycles. The van der Waals surface area contributed by atoms with Crippen molar-refractivity contribution in [3.63, 3.8) is 0 Å². The van der Waals surface area contributed by atoms with Crippen LogP contribution in [-0.2, 0) is 19.6 Å². The normalized spacial score (nSPS) is 23.8. The van der Waals surface area contributed by atoms with Crippen molar-refractivity contribution in [2.45, 2.75) is 44.2 Å². The van der Waals surface area contributed by atoms with Crippen molar-refractivity contribution < 1.29 is 17.9 Å². The SMILES string of the molecule is CS(=O)(=O)N(CCC(=O)NC1CC1)CC1CCCO1. The van der Waals surface area contributed by atoms with E-state index in [4.69, 9.17) is 4.74 Å². The summed E-state index contributed by atoms with van der Waals surface area (Å²) < 4.78 is 30.2. The highest BCUT2D eigenvalue weighted by Gasteiger charge is 2.26. The van der Waals surface area contributed by atoms with Crippen LogP contribution in [0.15, 0.2) is 0 Å². The van der Waals surface area contributed by atoms with Gasteiger partial charge >= 0.3 is 0 Å². The lowest BCUT2D eigenvalue weighted by atomic mass is 10.2. The third-order valence-electron chi connectivity index (χ3n) is 3.43. The van der Waals surface area contributed by atoms with Crippen LogP contribution < -0.4 is 5.32 Å². The van der Waals surface area contributed by atoms with Gasteiger partial charge in [-0.25, -0.2) is 8.42 Å². The lowest BCUT2D eigenvalue weighted by Crippen LogP contribution is -2.39. The Hall–Kier alpha value is -0.660. The summed E-state index contributed by atoms with van der Waals surface area (Å²) in [5.41, 5.74) is 0. The number of nitrogens with zero attached hydrogens (tertiary/aromatic N) is 1. The Kier molecular flexibility index (Phi) is 4.81. The van der Waals surface area contributed by atoms with Crippen molar-refractivity contribution in [1.29, 1.82) is 0 Å². The van der Waals surface area contributed by atoms with Crippen molar-refractivity contribution in [2.24, 2.45) is 0 Å². The van der Waals surface area contributed by atoms with Gasteiger partial charge in [-0.15, -0.1) is 0 Å². The van der Waals surface area contributed by atoms with Gasteiger partial charge in [-0.2, -0.15) is 4.31 Å². The van der Waals surface area contributed by atoms with Crippen molar-refractivity contribution in [1.82, 2.24) is 9.62 Å². The Morgan fingerprint density at radius 1 is 1.37 bits per heavy atom. The molecule has 1 heterocycles. The van der Waals surface area contributed by atoms with E-state index in [1.54, 1.807) is 0 Å². The van der Waals surface area contributed by atoms with Gasteiger partial charge in [0.1, 0.15) is 0 Å². The van der Waals surface area contributed by atoms with Gasteiger partial charge in [0.15, 0.2) is 0 Å². The lowest BCUT2D eigenvalue weighted by Gasteiger charge is -2.22. The van der Waals surface area contributed by atoms with Crippen molar-refractivity contribution >= 4 is 15.9 Å². The van der Waals surface area contributed by atoms with Gasteiger partial charge in [0.25, 0.3) is 0 Å². The Morgan fingerprint density at radius 3 is 2.63 bits per heavy atom. The fraction of sp³-hybridized carbons (Fsp3) is 0.917. The second-order valence-corrected chi connectivity index (χ2v) is 7.33. The minimum Gasteiger partial charge on any atom is -0.377 e. The molecule has 0 aromatic rings. The molecule has 0 aromatic carbocycles. The van der Waals surface area contributed by atoms with Crippen LogP contribution in [0.4, 0.5) is 0 Å². The molecule has 1 N–H and O–H groups in total. The molecule has 1 unspecified atom stereocenters. The van der Waals surface area contributed by atoms with E-state index < -0.39 is 10.0 Å². The first-order valence-electron chi connectivity index (χ1n) is 6.81. The predicted octanol–water partition coefficient (Wildman–Crippen LogP) is 0.0957. The van der Waals surface area contributed by atoms with Crippen molar-refractivity contribution in [3.8, 4) is 0 Å². The van der Waals surface area contributed by atoms with E-state index in [-0.39, 0.29) is 25.0 Å². The van der Waals surface area contributed by atoms with E-state index in [9.17, 15) is 13.2 Å². The third-order valence-corrected chi connectivity index (χ3v) is 4.70. The second kappa shape index (κ2) is 6.19. The first-order valence-corrected chi connectivity index (χ1v) is 8.66. The highest BCUT2D eigenvalue weighted by atomic mass is 32.2. The van der Waals surface area contributed by atoms with E-state index >= 15 is 0 Å². The summed E-state index contributed by atoms with van der Waals surface area (Å²) in [5, 5.41) is 2.86. The zero-order valence-electron chi connectivity index (χ0n) is 11.3. The summed E-state index contributed by atoms with van der Waals surface area (Å²) in [6.07, 6.45) is 5.32. The van der Waals surface area contributed by atoms with Crippen LogP contribution in [0.1, 0.15) is 32.1 Å². The minimum absolute atomic E-state index is 0.0266. The quantitative estimate of drug-likeness (QED) is 0.721. The first kappa shape index (κ1) is 14.7. The van der Waals surface area contributed by atoms with E-state index in [0.29, 0.717) is 19.2 Å². The van der Waals surface area contributed by atoms with E-state index in [1.165, 1.54) is 10.6 Å². The van der Waals surface area contributed by atoms with Crippen LogP contribution in [0, 0.1) is 0 Å². The number of sulfonamides is 1. The highest BCUT2D eigenvalue weighted by Crippen LogP contribution is 2.19. The number of rotatable bonds is 7. The van der Waals surface area contributed by atoms with Gasteiger partial charge in [0, 0.05) is 32.2 Å². The maximum Gasteiger partial charge on any atom is 0.221 e. The number of ether oxygens (including phenoxy) is 1. The Morgan fingerprint density at radius 2 is 2.11 bits per heavy atom. The van der Waals surface area contributed by atoms with Gasteiger partial charge in [-0.1, -0.05) is 0 Å². The maximum absolute atomic E-state index is 11.7. The molecule has 0 aromatic heterocycles. The minimum atomic E-state index is -3.29. The molecular formula is C12H22N2O4S. The molecule has 1 amide bonds. The molecule has 1 aliphatic carbocycles. The molecule has 1 atom stereocenters. The second-order valence-electron chi connectivity index (χ2n) is 5.35. The average Bonchev–Trinajstić information content (AvgIpc) is 2.96. The summed E-state index contributed by atoms with van der Waals surface area (Å²) in [6, 6.07) is 0.317. The fourth-order valence-corrected chi connectivity index (χ4v) is 3.02. The number of amides is 1. The van der Waals surface area contributed by atoms with Crippen LogP contribution in [0.2, 0.25) is 0 Å². The molecule has 6 nitrogen and oxygen atoms in total. The first-order chi connectivity index (χ1) is 8.95. The monoisotopic (exact) mass is 290 g/mol. The topological polar surface area (TPSA) is 75.7 Å². The van der Waals surface area contributed by atoms with Crippen LogP contribution in [0.25, 0.3) is 0 Å². The van der Waals surface area contributed by atoms with E-state index in [2.05, 4.69) is 5.32 Å². The number of carbonyl (C=O) groups is 1.